The second-order valence-electron chi connectivity index (χ2n) is 5.87. The molecule has 24 heavy (non-hydrogen) atoms. The number of nitrogens with zero attached hydrogens (tertiary/aromatic N) is 1. The summed E-state index contributed by atoms with van der Waals surface area (Å²) < 4.78 is 16.9. The number of fused-ring (bicyclic) bond motifs is 1. The summed E-state index contributed by atoms with van der Waals surface area (Å²) in [5.74, 6) is 2.09. The summed E-state index contributed by atoms with van der Waals surface area (Å²) in [5, 5.41) is 0. The van der Waals surface area contributed by atoms with Gasteiger partial charge in [-0.1, -0.05) is 18.2 Å². The molecule has 5 heteroatoms. The maximum absolute atomic E-state index is 12.6. The van der Waals surface area contributed by atoms with E-state index in [4.69, 9.17) is 14.2 Å². The summed E-state index contributed by atoms with van der Waals surface area (Å²) in [5.41, 5.74) is 1.59. The molecule has 0 aliphatic carbocycles. The van der Waals surface area contributed by atoms with Crippen molar-refractivity contribution in [2.75, 3.05) is 27.3 Å². The zero-order valence-electron chi connectivity index (χ0n) is 14.1. The van der Waals surface area contributed by atoms with Crippen LogP contribution in [0.15, 0.2) is 42.5 Å². The molecule has 126 valence electrons. The van der Waals surface area contributed by atoms with Gasteiger partial charge >= 0.3 is 0 Å². The number of benzene rings is 2. The van der Waals surface area contributed by atoms with Crippen LogP contribution in [0, 0.1) is 6.92 Å². The van der Waals surface area contributed by atoms with Gasteiger partial charge in [-0.25, -0.2) is 0 Å². The number of ether oxygens (including phenoxy) is 3. The molecule has 5 nitrogen and oxygen atoms in total. The standard InChI is InChI=1S/C19H21NO4/c1-13-8-9-14(10-18(13)22-3)19(21)20(2)11-15-12-23-16-6-4-5-7-17(16)24-15/h4-10,15H,11-12H2,1-3H3. The minimum absolute atomic E-state index is 0.0734. The number of carbonyl (C=O) groups excluding carboxylic acids is 1. The fourth-order valence-electron chi connectivity index (χ4n) is 2.71. The molecule has 2 aromatic carbocycles. The van der Waals surface area contributed by atoms with Gasteiger partial charge in [0.25, 0.3) is 5.91 Å². The third kappa shape index (κ3) is 3.30. The van der Waals surface area contributed by atoms with E-state index in [2.05, 4.69) is 0 Å². The van der Waals surface area contributed by atoms with E-state index in [1.807, 2.05) is 43.3 Å². The summed E-state index contributed by atoms with van der Waals surface area (Å²) in [4.78, 5) is 14.3. The predicted octanol–water partition coefficient (Wildman–Crippen LogP) is 2.92. The van der Waals surface area contributed by atoms with Crippen molar-refractivity contribution in [2.45, 2.75) is 13.0 Å². The van der Waals surface area contributed by atoms with E-state index in [9.17, 15) is 4.79 Å². The van der Waals surface area contributed by atoms with Gasteiger partial charge in [-0.05, 0) is 36.8 Å². The third-order valence-electron chi connectivity index (χ3n) is 4.05. The van der Waals surface area contributed by atoms with Crippen LogP contribution < -0.4 is 14.2 Å². The van der Waals surface area contributed by atoms with E-state index < -0.39 is 0 Å². The number of para-hydroxylation sites is 2. The molecule has 3 rings (SSSR count). The topological polar surface area (TPSA) is 48.0 Å². The van der Waals surface area contributed by atoms with Crippen LogP contribution >= 0.6 is 0 Å². The van der Waals surface area contributed by atoms with Crippen LogP contribution in [0.1, 0.15) is 15.9 Å². The van der Waals surface area contributed by atoms with Gasteiger partial charge < -0.3 is 19.1 Å². The Bertz CT molecular complexity index is 744. The van der Waals surface area contributed by atoms with E-state index in [1.54, 1.807) is 25.1 Å². The zero-order chi connectivity index (χ0) is 17.1. The Hall–Kier alpha value is -2.69. The van der Waals surface area contributed by atoms with Crippen LogP contribution in [0.5, 0.6) is 17.2 Å². The Morgan fingerprint density at radius 2 is 2.00 bits per heavy atom. The van der Waals surface area contributed by atoms with E-state index in [-0.39, 0.29) is 12.0 Å². The Morgan fingerprint density at radius 1 is 1.25 bits per heavy atom. The summed E-state index contributed by atoms with van der Waals surface area (Å²) in [6, 6.07) is 13.0. The van der Waals surface area contributed by atoms with Gasteiger partial charge in [0.2, 0.25) is 0 Å². The highest BCUT2D eigenvalue weighted by Crippen LogP contribution is 2.31. The molecular weight excluding hydrogens is 306 g/mol. The molecular formula is C19H21NO4. The second-order valence-corrected chi connectivity index (χ2v) is 5.87. The molecule has 1 aliphatic heterocycles. The summed E-state index contributed by atoms with van der Waals surface area (Å²) in [6.07, 6.45) is -0.193. The number of likely N-dealkylation sites (N-methyl/N-ethyl adjacent to an activating group) is 1. The molecule has 1 atom stereocenters. The number of amides is 1. The Balaban J connectivity index is 1.67. The molecule has 1 unspecified atom stereocenters. The van der Waals surface area contributed by atoms with Gasteiger partial charge in [-0.15, -0.1) is 0 Å². The lowest BCUT2D eigenvalue weighted by atomic mass is 10.1. The number of methoxy groups -OCH3 is 1. The van der Waals surface area contributed by atoms with Gasteiger partial charge in [0, 0.05) is 12.6 Å². The molecule has 0 saturated carbocycles. The predicted molar refractivity (Wildman–Crippen MR) is 91.0 cm³/mol. The van der Waals surface area contributed by atoms with Crippen molar-refractivity contribution in [3.63, 3.8) is 0 Å². The molecule has 0 N–H and O–H groups in total. The monoisotopic (exact) mass is 327 g/mol. The normalized spacial score (nSPS) is 15.7. The molecule has 0 fully saturated rings. The first-order valence-corrected chi connectivity index (χ1v) is 7.87. The lowest BCUT2D eigenvalue weighted by Crippen LogP contribution is -2.41. The van der Waals surface area contributed by atoms with Crippen LogP contribution in [0.25, 0.3) is 0 Å². The average Bonchev–Trinajstić information content (AvgIpc) is 2.61. The van der Waals surface area contributed by atoms with Crippen LogP contribution in [-0.2, 0) is 0 Å². The van der Waals surface area contributed by atoms with E-state index >= 15 is 0 Å². The first kappa shape index (κ1) is 16.2. The van der Waals surface area contributed by atoms with Gasteiger partial charge in [0.05, 0.1) is 13.7 Å². The number of rotatable bonds is 4. The van der Waals surface area contributed by atoms with Crippen molar-refractivity contribution in [1.82, 2.24) is 4.90 Å². The molecule has 2 aromatic rings. The van der Waals surface area contributed by atoms with E-state index in [0.717, 1.165) is 11.3 Å². The number of carbonyl (C=O) groups is 1. The molecule has 0 aromatic heterocycles. The molecule has 0 spiro atoms. The van der Waals surface area contributed by atoms with Crippen LogP contribution in [0.2, 0.25) is 0 Å². The number of hydrogen-bond donors (Lipinski definition) is 0. The lowest BCUT2D eigenvalue weighted by Gasteiger charge is -2.29. The largest absolute Gasteiger partial charge is 0.496 e. The fourth-order valence-corrected chi connectivity index (χ4v) is 2.71. The highest BCUT2D eigenvalue weighted by molar-refractivity contribution is 5.94. The zero-order valence-corrected chi connectivity index (χ0v) is 14.1. The number of aryl methyl sites for hydroxylation is 1. The quantitative estimate of drug-likeness (QED) is 0.866. The van der Waals surface area contributed by atoms with Gasteiger partial charge in [-0.2, -0.15) is 0 Å². The SMILES string of the molecule is COc1cc(C(=O)N(C)CC2COc3ccccc3O2)ccc1C. The van der Waals surface area contributed by atoms with Crippen molar-refractivity contribution in [3.8, 4) is 17.2 Å². The minimum Gasteiger partial charge on any atom is -0.496 e. The minimum atomic E-state index is -0.193. The highest BCUT2D eigenvalue weighted by Gasteiger charge is 2.24. The first-order valence-electron chi connectivity index (χ1n) is 7.87. The molecule has 0 bridgehead atoms. The average molecular weight is 327 g/mol. The molecule has 0 radical (unpaired) electrons. The smallest absolute Gasteiger partial charge is 0.253 e. The van der Waals surface area contributed by atoms with Crippen molar-refractivity contribution in [3.05, 3.63) is 53.6 Å². The van der Waals surface area contributed by atoms with Crippen LogP contribution in [0.3, 0.4) is 0 Å². The van der Waals surface area contributed by atoms with E-state index in [1.165, 1.54) is 0 Å². The number of hydrogen-bond acceptors (Lipinski definition) is 4. The molecule has 1 aliphatic rings. The molecule has 1 amide bonds. The molecule has 1 heterocycles. The van der Waals surface area contributed by atoms with E-state index in [0.29, 0.717) is 30.2 Å². The lowest BCUT2D eigenvalue weighted by molar-refractivity contribution is 0.0521. The van der Waals surface area contributed by atoms with Crippen LogP contribution in [-0.4, -0.2) is 44.2 Å². The Labute approximate surface area is 141 Å². The van der Waals surface area contributed by atoms with Gasteiger partial charge in [0.1, 0.15) is 12.4 Å². The van der Waals surface area contributed by atoms with Crippen molar-refractivity contribution < 1.29 is 19.0 Å². The van der Waals surface area contributed by atoms with Crippen molar-refractivity contribution in [1.29, 1.82) is 0 Å². The summed E-state index contributed by atoms with van der Waals surface area (Å²) >= 11 is 0. The maximum Gasteiger partial charge on any atom is 0.253 e. The first-order chi connectivity index (χ1) is 11.6. The van der Waals surface area contributed by atoms with Crippen molar-refractivity contribution >= 4 is 5.91 Å². The third-order valence-corrected chi connectivity index (χ3v) is 4.05. The fraction of sp³-hybridized carbons (Fsp3) is 0.316. The Kier molecular flexibility index (Phi) is 4.60. The molecule has 0 saturated heterocycles. The van der Waals surface area contributed by atoms with Gasteiger partial charge in [0.15, 0.2) is 17.6 Å². The highest BCUT2D eigenvalue weighted by atomic mass is 16.6. The Morgan fingerprint density at radius 3 is 2.75 bits per heavy atom. The summed E-state index contributed by atoms with van der Waals surface area (Å²) in [7, 11) is 3.36. The second kappa shape index (κ2) is 6.83. The van der Waals surface area contributed by atoms with Crippen molar-refractivity contribution in [2.24, 2.45) is 0 Å². The van der Waals surface area contributed by atoms with Gasteiger partial charge in [-0.3, -0.25) is 4.79 Å². The maximum atomic E-state index is 12.6. The summed E-state index contributed by atoms with van der Waals surface area (Å²) in [6.45, 7) is 2.82. The van der Waals surface area contributed by atoms with Crippen LogP contribution in [0.4, 0.5) is 0 Å².